The normalized spacial score (nSPS) is 11.7. The summed E-state index contributed by atoms with van der Waals surface area (Å²) in [6.07, 6.45) is 0. The second kappa shape index (κ2) is 9.55. The van der Waals surface area contributed by atoms with Crippen LogP contribution < -0.4 is 4.90 Å². The van der Waals surface area contributed by atoms with Crippen molar-refractivity contribution in [2.75, 3.05) is 4.90 Å². The molecule has 9 aromatic rings. The van der Waals surface area contributed by atoms with E-state index in [-0.39, 0.29) is 0 Å². The molecule has 0 unspecified atom stereocenters. The fourth-order valence-corrected chi connectivity index (χ4v) is 7.40. The lowest BCUT2D eigenvalue weighted by atomic mass is 10.0. The molecular weight excluding hydrogens is 545 g/mol. The Morgan fingerprint density at radius 3 is 1.84 bits per heavy atom. The van der Waals surface area contributed by atoms with Gasteiger partial charge in [-0.2, -0.15) is 0 Å². The second-order valence-electron chi connectivity index (χ2n) is 10.8. The van der Waals surface area contributed by atoms with Crippen LogP contribution in [0.1, 0.15) is 0 Å². The van der Waals surface area contributed by atoms with Gasteiger partial charge in [0.1, 0.15) is 16.2 Å². The topological polar surface area (TPSA) is 29.3 Å². The van der Waals surface area contributed by atoms with Crippen molar-refractivity contribution in [3.8, 4) is 10.6 Å². The van der Waals surface area contributed by atoms with Crippen molar-refractivity contribution in [3.63, 3.8) is 0 Å². The van der Waals surface area contributed by atoms with Crippen LogP contribution in [-0.4, -0.2) is 4.98 Å². The van der Waals surface area contributed by atoms with Gasteiger partial charge in [0, 0.05) is 50.2 Å². The number of fused-ring (bicyclic) bond motifs is 9. The largest absolute Gasteiger partial charge is 0.456 e. The van der Waals surface area contributed by atoms with E-state index in [9.17, 15) is 0 Å². The number of benzene rings is 7. The highest BCUT2D eigenvalue weighted by Crippen LogP contribution is 2.42. The van der Waals surface area contributed by atoms with E-state index in [0.29, 0.717) is 0 Å². The Hall–Kier alpha value is -5.45. The highest BCUT2D eigenvalue weighted by Gasteiger charge is 2.17. The Morgan fingerprint density at radius 1 is 0.465 bits per heavy atom. The van der Waals surface area contributed by atoms with Gasteiger partial charge in [-0.15, -0.1) is 11.3 Å². The lowest BCUT2D eigenvalue weighted by Crippen LogP contribution is -2.09. The third-order valence-corrected chi connectivity index (χ3v) is 9.42. The maximum atomic E-state index is 6.25. The maximum absolute atomic E-state index is 6.25. The van der Waals surface area contributed by atoms with Crippen LogP contribution in [0.4, 0.5) is 17.1 Å². The number of hydrogen-bond acceptors (Lipinski definition) is 4. The predicted octanol–water partition coefficient (Wildman–Crippen LogP) is 11.6. The summed E-state index contributed by atoms with van der Waals surface area (Å²) in [7, 11) is 0. The van der Waals surface area contributed by atoms with E-state index in [4.69, 9.17) is 9.40 Å². The van der Waals surface area contributed by atoms with Crippen LogP contribution in [0.15, 0.2) is 150 Å². The Balaban J connectivity index is 1.17. The Labute approximate surface area is 251 Å². The van der Waals surface area contributed by atoms with Gasteiger partial charge in [-0.3, -0.25) is 0 Å². The summed E-state index contributed by atoms with van der Waals surface area (Å²) in [6, 6.07) is 51.2. The molecule has 9 rings (SSSR count). The van der Waals surface area contributed by atoms with Crippen molar-refractivity contribution in [2.24, 2.45) is 0 Å². The molecular formula is C39H24N2OS. The Morgan fingerprint density at radius 2 is 1.05 bits per heavy atom. The number of para-hydroxylation sites is 2. The zero-order valence-corrected chi connectivity index (χ0v) is 23.9. The predicted molar refractivity (Wildman–Crippen MR) is 182 cm³/mol. The fraction of sp³-hybridized carbons (Fsp3) is 0. The molecule has 202 valence electrons. The number of aromatic nitrogens is 1. The van der Waals surface area contributed by atoms with E-state index in [1.54, 1.807) is 11.3 Å². The quantitative estimate of drug-likeness (QED) is 0.198. The van der Waals surface area contributed by atoms with Crippen LogP contribution in [0.2, 0.25) is 0 Å². The smallest absolute Gasteiger partial charge is 0.137 e. The Kier molecular flexibility index (Phi) is 5.37. The molecule has 0 spiro atoms. The molecule has 0 fully saturated rings. The minimum atomic E-state index is 0.880. The number of nitrogens with zero attached hydrogens (tertiary/aromatic N) is 2. The van der Waals surface area contributed by atoms with Gasteiger partial charge < -0.3 is 9.32 Å². The standard InChI is InChI=1S/C39H24N2OS/c1-2-10-26(11-3-1)41(28-22-23-32-31-14-8-9-17-35(31)42-36(32)24-28)27-20-18-25(19-21-27)39-40-37-33-15-6-4-12-29(33)30-13-5-7-16-34(30)38(37)43-39/h1-24H. The molecule has 0 saturated carbocycles. The minimum Gasteiger partial charge on any atom is -0.456 e. The first-order valence-electron chi connectivity index (χ1n) is 14.4. The summed E-state index contributed by atoms with van der Waals surface area (Å²) in [5, 5.41) is 8.26. The lowest BCUT2D eigenvalue weighted by Gasteiger charge is -2.25. The first-order valence-corrected chi connectivity index (χ1v) is 15.2. The van der Waals surface area contributed by atoms with Gasteiger partial charge in [-0.05, 0) is 65.4 Å². The monoisotopic (exact) mass is 568 g/mol. The fourth-order valence-electron chi connectivity index (χ4n) is 6.28. The molecule has 0 radical (unpaired) electrons. The average Bonchev–Trinajstić information content (AvgIpc) is 3.68. The van der Waals surface area contributed by atoms with Crippen LogP contribution in [0.25, 0.3) is 64.3 Å². The molecule has 0 amide bonds. The SMILES string of the molecule is c1ccc(N(c2ccc(-c3nc4c5ccccc5c5ccccc5c4s3)cc2)c2ccc3c(c2)oc2ccccc23)cc1. The second-order valence-corrected chi connectivity index (χ2v) is 11.8. The number of hydrogen-bond donors (Lipinski definition) is 0. The third-order valence-electron chi connectivity index (χ3n) is 8.28. The van der Waals surface area contributed by atoms with Gasteiger partial charge in [0.15, 0.2) is 0 Å². The maximum Gasteiger partial charge on any atom is 0.137 e. The summed E-state index contributed by atoms with van der Waals surface area (Å²) in [6.45, 7) is 0. The van der Waals surface area contributed by atoms with Crippen LogP contribution >= 0.6 is 11.3 Å². The summed E-state index contributed by atoms with van der Waals surface area (Å²) in [5.74, 6) is 0. The molecule has 3 nitrogen and oxygen atoms in total. The summed E-state index contributed by atoms with van der Waals surface area (Å²) in [5.41, 5.74) is 7.17. The van der Waals surface area contributed by atoms with Gasteiger partial charge in [-0.1, -0.05) is 84.9 Å². The molecule has 2 aromatic heterocycles. The molecule has 43 heavy (non-hydrogen) atoms. The molecule has 2 heterocycles. The van der Waals surface area contributed by atoms with Gasteiger partial charge in [0.25, 0.3) is 0 Å². The van der Waals surface area contributed by atoms with Gasteiger partial charge in [0.2, 0.25) is 0 Å². The van der Waals surface area contributed by atoms with E-state index in [1.165, 1.54) is 26.2 Å². The van der Waals surface area contributed by atoms with Crippen molar-refractivity contribution in [2.45, 2.75) is 0 Å². The van der Waals surface area contributed by atoms with Crippen molar-refractivity contribution < 1.29 is 4.42 Å². The van der Waals surface area contributed by atoms with E-state index >= 15 is 0 Å². The summed E-state index contributed by atoms with van der Waals surface area (Å²) in [4.78, 5) is 7.47. The molecule has 0 aliphatic rings. The Bertz CT molecular complexity index is 2380. The number of thiazole rings is 1. The average molecular weight is 569 g/mol. The van der Waals surface area contributed by atoms with Crippen LogP contribution in [0.3, 0.4) is 0 Å². The molecule has 0 N–H and O–H groups in total. The van der Waals surface area contributed by atoms with E-state index in [2.05, 4.69) is 132 Å². The molecule has 0 atom stereocenters. The molecule has 0 bridgehead atoms. The molecule has 0 aliphatic heterocycles. The number of rotatable bonds is 4. The molecule has 0 saturated heterocycles. The summed E-state index contributed by atoms with van der Waals surface area (Å²) >= 11 is 1.77. The van der Waals surface area contributed by atoms with Crippen LogP contribution in [0, 0.1) is 0 Å². The summed E-state index contributed by atoms with van der Waals surface area (Å²) < 4.78 is 7.48. The zero-order valence-electron chi connectivity index (χ0n) is 23.1. The molecule has 7 aromatic carbocycles. The van der Waals surface area contributed by atoms with Crippen molar-refractivity contribution >= 4 is 82.1 Å². The first-order chi connectivity index (χ1) is 21.3. The molecule has 4 heteroatoms. The first kappa shape index (κ1) is 24.2. The van der Waals surface area contributed by atoms with Gasteiger partial charge in [0.05, 0.1) is 10.2 Å². The third kappa shape index (κ3) is 3.84. The highest BCUT2D eigenvalue weighted by molar-refractivity contribution is 7.22. The zero-order chi connectivity index (χ0) is 28.3. The van der Waals surface area contributed by atoms with Crippen molar-refractivity contribution in [1.29, 1.82) is 0 Å². The number of anilines is 3. The van der Waals surface area contributed by atoms with Crippen LogP contribution in [-0.2, 0) is 0 Å². The van der Waals surface area contributed by atoms with Crippen LogP contribution in [0.5, 0.6) is 0 Å². The number of furan rings is 1. The van der Waals surface area contributed by atoms with Gasteiger partial charge in [-0.25, -0.2) is 4.98 Å². The lowest BCUT2D eigenvalue weighted by molar-refractivity contribution is 0.669. The van der Waals surface area contributed by atoms with Crippen molar-refractivity contribution in [3.05, 3.63) is 146 Å². The van der Waals surface area contributed by atoms with Crippen molar-refractivity contribution in [1.82, 2.24) is 4.98 Å². The van der Waals surface area contributed by atoms with E-state index in [1.807, 2.05) is 18.2 Å². The van der Waals surface area contributed by atoms with Gasteiger partial charge >= 0.3 is 0 Å². The highest BCUT2D eigenvalue weighted by atomic mass is 32.1. The minimum absolute atomic E-state index is 0.880. The molecule has 0 aliphatic carbocycles. The van der Waals surface area contributed by atoms with E-state index in [0.717, 1.165) is 55.1 Å². The van der Waals surface area contributed by atoms with E-state index < -0.39 is 0 Å².